The first-order valence-electron chi connectivity index (χ1n) is 10.6. The molecule has 3 heterocycles. The van der Waals surface area contributed by atoms with Gasteiger partial charge in [0, 0.05) is 0 Å². The zero-order valence-corrected chi connectivity index (χ0v) is 18.6. The Hall–Kier alpha value is -4.73. The summed E-state index contributed by atoms with van der Waals surface area (Å²) >= 11 is 0. The molecule has 0 bridgehead atoms. The first-order valence-corrected chi connectivity index (χ1v) is 10.6. The maximum Gasteiger partial charge on any atom is 0.373 e. The highest BCUT2D eigenvalue weighted by Gasteiger charge is 2.34. The highest BCUT2D eigenvalue weighted by atomic mass is 16.7. The molecule has 0 spiro atoms. The van der Waals surface area contributed by atoms with Gasteiger partial charge in [0.2, 0.25) is 12.6 Å². The van der Waals surface area contributed by atoms with Crippen LogP contribution in [-0.4, -0.2) is 36.7 Å². The van der Waals surface area contributed by atoms with Crippen molar-refractivity contribution in [2.45, 2.75) is 13.2 Å². The van der Waals surface area contributed by atoms with E-state index < -0.39 is 17.9 Å². The van der Waals surface area contributed by atoms with E-state index in [2.05, 4.69) is 10.1 Å². The molecule has 10 nitrogen and oxygen atoms in total. The van der Waals surface area contributed by atoms with Crippen molar-refractivity contribution >= 4 is 24.0 Å². The molecule has 2 aliphatic heterocycles. The molecule has 2 aromatic carbocycles. The van der Waals surface area contributed by atoms with Crippen LogP contribution in [0.2, 0.25) is 0 Å². The fourth-order valence-electron chi connectivity index (χ4n) is 3.57. The van der Waals surface area contributed by atoms with Gasteiger partial charge in [0.1, 0.15) is 23.8 Å². The van der Waals surface area contributed by atoms with Crippen molar-refractivity contribution in [2.24, 2.45) is 0 Å². The molecule has 1 aromatic heterocycles. The molecule has 10 heteroatoms. The molecule has 3 amide bonds. The minimum absolute atomic E-state index is 0.00819. The monoisotopic (exact) mass is 476 g/mol. The van der Waals surface area contributed by atoms with E-state index in [9.17, 15) is 14.4 Å². The maximum absolute atomic E-state index is 12.7. The number of carbonyl (C=O) groups excluding carboxylic acids is 3. The molecular weight excluding hydrogens is 456 g/mol. The fourth-order valence-corrected chi connectivity index (χ4v) is 3.57. The fraction of sp³-hybridized carbons (Fsp3) is 0.160. The Kier molecular flexibility index (Phi) is 5.84. The van der Waals surface area contributed by atoms with Crippen molar-refractivity contribution in [1.29, 1.82) is 0 Å². The van der Waals surface area contributed by atoms with Crippen molar-refractivity contribution in [1.82, 2.24) is 10.2 Å². The minimum Gasteiger partial charge on any atom is -0.489 e. The van der Waals surface area contributed by atoms with E-state index in [4.69, 9.17) is 18.6 Å². The summed E-state index contributed by atoms with van der Waals surface area (Å²) in [4.78, 5) is 37.6. The van der Waals surface area contributed by atoms with Crippen LogP contribution in [-0.2, 0) is 22.7 Å². The normalized spacial score (nSPS) is 15.5. The molecule has 5 rings (SSSR count). The van der Waals surface area contributed by atoms with Crippen molar-refractivity contribution in [3.8, 4) is 17.2 Å². The summed E-state index contributed by atoms with van der Waals surface area (Å²) in [5.41, 5.74) is 1.77. The average Bonchev–Trinajstić information content (AvgIpc) is 3.59. The number of amides is 3. The number of benzene rings is 2. The Morgan fingerprint density at radius 1 is 1.06 bits per heavy atom. The third-order valence-corrected chi connectivity index (χ3v) is 5.36. The third-order valence-electron chi connectivity index (χ3n) is 5.36. The Morgan fingerprint density at radius 2 is 1.86 bits per heavy atom. The standard InChI is InChI=1S/C25H20N2O8/c1-31-24(29)21-9-7-18(35-21)12-27-23(28)19(26-25(27)30)10-15-2-5-17(6-3-15)32-13-16-4-8-20-22(11-16)34-14-33-20/h2-11H,12-14H2,1H3,(H,26,30)/b19-10-. The smallest absolute Gasteiger partial charge is 0.373 e. The van der Waals surface area contributed by atoms with E-state index in [1.54, 1.807) is 30.3 Å². The lowest BCUT2D eigenvalue weighted by Gasteiger charge is -2.09. The van der Waals surface area contributed by atoms with Crippen LogP contribution in [0.15, 0.2) is 64.7 Å². The van der Waals surface area contributed by atoms with E-state index in [1.807, 2.05) is 18.2 Å². The number of hydrogen-bond donors (Lipinski definition) is 1. The quantitative estimate of drug-likeness (QED) is 0.313. The number of nitrogens with one attached hydrogen (secondary N) is 1. The highest BCUT2D eigenvalue weighted by molar-refractivity contribution is 6.13. The second-order valence-corrected chi connectivity index (χ2v) is 7.68. The summed E-state index contributed by atoms with van der Waals surface area (Å²) in [5, 5.41) is 2.56. The Bertz CT molecular complexity index is 1330. The lowest BCUT2D eigenvalue weighted by molar-refractivity contribution is -0.123. The van der Waals surface area contributed by atoms with Crippen molar-refractivity contribution in [3.05, 3.63) is 82.9 Å². The summed E-state index contributed by atoms with van der Waals surface area (Å²) < 4.78 is 26.4. The summed E-state index contributed by atoms with van der Waals surface area (Å²) in [7, 11) is 1.23. The van der Waals surface area contributed by atoms with Gasteiger partial charge in [0.05, 0.1) is 13.7 Å². The number of rotatable bonds is 7. The number of hydrogen-bond acceptors (Lipinski definition) is 8. The van der Waals surface area contributed by atoms with Gasteiger partial charge in [-0.15, -0.1) is 0 Å². The molecular formula is C25H20N2O8. The molecule has 0 unspecified atom stereocenters. The summed E-state index contributed by atoms with van der Waals surface area (Å²) in [6, 6.07) is 15.1. The average molecular weight is 476 g/mol. The molecule has 0 radical (unpaired) electrons. The number of methoxy groups -OCH3 is 1. The van der Waals surface area contributed by atoms with Gasteiger partial charge in [-0.1, -0.05) is 18.2 Å². The van der Waals surface area contributed by atoms with Crippen LogP contribution >= 0.6 is 0 Å². The Balaban J connectivity index is 1.20. The van der Waals surface area contributed by atoms with E-state index in [0.717, 1.165) is 10.5 Å². The Morgan fingerprint density at radius 3 is 2.66 bits per heavy atom. The SMILES string of the molecule is COC(=O)c1ccc(CN2C(=O)N/C(=C\c3ccc(OCc4ccc5c(c4)OCO5)cc3)C2=O)o1. The molecule has 3 aromatic rings. The van der Waals surface area contributed by atoms with Crippen LogP contribution in [0, 0.1) is 0 Å². The second kappa shape index (κ2) is 9.26. The summed E-state index contributed by atoms with van der Waals surface area (Å²) in [6.45, 7) is 0.452. The minimum atomic E-state index is -0.641. The van der Waals surface area contributed by atoms with E-state index >= 15 is 0 Å². The summed E-state index contributed by atoms with van der Waals surface area (Å²) in [6.07, 6.45) is 1.57. The maximum atomic E-state index is 12.7. The molecule has 1 fully saturated rings. The molecule has 0 aliphatic carbocycles. The molecule has 35 heavy (non-hydrogen) atoms. The lowest BCUT2D eigenvalue weighted by atomic mass is 10.2. The number of esters is 1. The van der Waals surface area contributed by atoms with Crippen LogP contribution < -0.4 is 19.5 Å². The molecule has 1 N–H and O–H groups in total. The van der Waals surface area contributed by atoms with Crippen LogP contribution in [0.25, 0.3) is 6.08 Å². The molecule has 0 atom stereocenters. The van der Waals surface area contributed by atoms with Crippen molar-refractivity contribution in [3.63, 3.8) is 0 Å². The third kappa shape index (κ3) is 4.67. The van der Waals surface area contributed by atoms with Gasteiger partial charge in [-0.25, -0.2) is 9.59 Å². The number of fused-ring (bicyclic) bond motifs is 1. The van der Waals surface area contributed by atoms with Crippen LogP contribution in [0.5, 0.6) is 17.2 Å². The van der Waals surface area contributed by atoms with Gasteiger partial charge in [-0.2, -0.15) is 0 Å². The van der Waals surface area contributed by atoms with Crippen LogP contribution in [0.4, 0.5) is 4.79 Å². The zero-order valence-electron chi connectivity index (χ0n) is 18.6. The highest BCUT2D eigenvalue weighted by Crippen LogP contribution is 2.32. The van der Waals surface area contributed by atoms with Crippen molar-refractivity contribution in [2.75, 3.05) is 13.9 Å². The van der Waals surface area contributed by atoms with E-state index in [1.165, 1.54) is 19.2 Å². The Labute approximate surface area is 199 Å². The van der Waals surface area contributed by atoms with Crippen molar-refractivity contribution < 1.29 is 37.7 Å². The molecule has 2 aliphatic rings. The van der Waals surface area contributed by atoms with Crippen LogP contribution in [0.3, 0.4) is 0 Å². The van der Waals surface area contributed by atoms with Crippen LogP contribution in [0.1, 0.15) is 27.4 Å². The lowest BCUT2D eigenvalue weighted by Crippen LogP contribution is -2.30. The second-order valence-electron chi connectivity index (χ2n) is 7.68. The zero-order chi connectivity index (χ0) is 24.4. The van der Waals surface area contributed by atoms with Gasteiger partial charge in [0.15, 0.2) is 11.5 Å². The first-order chi connectivity index (χ1) is 17.0. The van der Waals surface area contributed by atoms with Gasteiger partial charge in [-0.05, 0) is 53.6 Å². The first kappa shape index (κ1) is 22.1. The predicted octanol–water partition coefficient (Wildman–Crippen LogP) is 3.47. The topological polar surface area (TPSA) is 117 Å². The molecule has 178 valence electrons. The van der Waals surface area contributed by atoms with Gasteiger partial charge < -0.3 is 28.7 Å². The van der Waals surface area contributed by atoms with Gasteiger partial charge in [-0.3, -0.25) is 9.69 Å². The van der Waals surface area contributed by atoms with Gasteiger partial charge in [0.25, 0.3) is 5.91 Å². The number of imide groups is 1. The van der Waals surface area contributed by atoms with Gasteiger partial charge >= 0.3 is 12.0 Å². The van der Waals surface area contributed by atoms with E-state index in [0.29, 0.717) is 29.4 Å². The largest absolute Gasteiger partial charge is 0.489 e. The molecule has 0 saturated carbocycles. The molecule has 1 saturated heterocycles. The predicted molar refractivity (Wildman–Crippen MR) is 120 cm³/mol. The number of carbonyl (C=O) groups is 3. The number of furan rings is 1. The summed E-state index contributed by atoms with van der Waals surface area (Å²) in [5.74, 6) is 1.18. The van der Waals surface area contributed by atoms with E-state index in [-0.39, 0.29) is 30.6 Å². The number of urea groups is 1. The number of nitrogens with zero attached hydrogens (tertiary/aromatic N) is 1. The number of ether oxygens (including phenoxy) is 4.